The highest BCUT2D eigenvalue weighted by molar-refractivity contribution is 5.50. The van der Waals surface area contributed by atoms with Crippen LogP contribution < -0.4 is 10.6 Å². The summed E-state index contributed by atoms with van der Waals surface area (Å²) in [4.78, 5) is 2.25. The van der Waals surface area contributed by atoms with Gasteiger partial charge in [-0.05, 0) is 43.4 Å². The van der Waals surface area contributed by atoms with E-state index in [1.165, 1.54) is 12.8 Å². The summed E-state index contributed by atoms with van der Waals surface area (Å²) in [7, 11) is 0. The van der Waals surface area contributed by atoms with Crippen molar-refractivity contribution in [3.05, 3.63) is 29.6 Å². The van der Waals surface area contributed by atoms with Crippen molar-refractivity contribution in [2.75, 3.05) is 11.4 Å². The van der Waals surface area contributed by atoms with Crippen LogP contribution in [0.4, 0.5) is 10.1 Å². The van der Waals surface area contributed by atoms with Crippen molar-refractivity contribution >= 4 is 5.69 Å². The van der Waals surface area contributed by atoms with Crippen molar-refractivity contribution in [2.45, 2.75) is 51.6 Å². The second-order valence-corrected chi connectivity index (χ2v) is 5.12. The number of halogens is 1. The molecule has 0 bridgehead atoms. The summed E-state index contributed by atoms with van der Waals surface area (Å²) < 4.78 is 14.1. The molecule has 2 N–H and O–H groups in total. The molecule has 1 saturated heterocycles. The lowest BCUT2D eigenvalue weighted by molar-refractivity contribution is 0.429. The second kappa shape index (κ2) is 6.19. The van der Waals surface area contributed by atoms with Gasteiger partial charge in [-0.1, -0.05) is 19.4 Å². The molecule has 1 atom stereocenters. The van der Waals surface area contributed by atoms with E-state index in [1.807, 2.05) is 12.1 Å². The Hall–Kier alpha value is -1.09. The van der Waals surface area contributed by atoms with Crippen LogP contribution in [0.3, 0.4) is 0 Å². The molecular formula is C15H23FN2. The van der Waals surface area contributed by atoms with Crippen LogP contribution in [0.15, 0.2) is 18.2 Å². The molecule has 0 saturated carbocycles. The predicted octanol–water partition coefficient (Wildman–Crippen LogP) is 3.44. The van der Waals surface area contributed by atoms with Crippen LogP contribution in [-0.4, -0.2) is 12.6 Å². The number of nitrogens with two attached hydrogens (primary N) is 1. The maximum absolute atomic E-state index is 14.1. The zero-order chi connectivity index (χ0) is 13.0. The molecule has 0 amide bonds. The molecule has 3 heteroatoms. The van der Waals surface area contributed by atoms with E-state index in [2.05, 4.69) is 11.8 Å². The first-order valence-electron chi connectivity index (χ1n) is 7.01. The summed E-state index contributed by atoms with van der Waals surface area (Å²) in [6.45, 7) is 3.57. The number of hydrogen-bond donors (Lipinski definition) is 1. The molecule has 2 rings (SSSR count). The number of hydrogen-bond acceptors (Lipinski definition) is 2. The SMILES string of the molecule is CCCC1CCCCN1c1ccc(CN)cc1F. The Bertz CT molecular complexity index is 390. The van der Waals surface area contributed by atoms with Crippen molar-refractivity contribution in [1.82, 2.24) is 0 Å². The number of piperidine rings is 1. The highest BCUT2D eigenvalue weighted by Crippen LogP contribution is 2.29. The molecule has 18 heavy (non-hydrogen) atoms. The first-order valence-corrected chi connectivity index (χ1v) is 7.01. The molecule has 0 aliphatic carbocycles. The smallest absolute Gasteiger partial charge is 0.146 e. The second-order valence-electron chi connectivity index (χ2n) is 5.12. The third-order valence-corrected chi connectivity index (χ3v) is 3.81. The van der Waals surface area contributed by atoms with Crippen molar-refractivity contribution in [1.29, 1.82) is 0 Å². The van der Waals surface area contributed by atoms with Crippen LogP contribution in [-0.2, 0) is 6.54 Å². The van der Waals surface area contributed by atoms with E-state index in [-0.39, 0.29) is 5.82 Å². The molecule has 1 fully saturated rings. The van der Waals surface area contributed by atoms with E-state index in [1.54, 1.807) is 6.07 Å². The lowest BCUT2D eigenvalue weighted by Crippen LogP contribution is -2.40. The average molecular weight is 250 g/mol. The van der Waals surface area contributed by atoms with E-state index in [0.29, 0.717) is 12.6 Å². The van der Waals surface area contributed by atoms with Gasteiger partial charge in [-0.3, -0.25) is 0 Å². The number of anilines is 1. The van der Waals surface area contributed by atoms with Crippen molar-refractivity contribution in [3.8, 4) is 0 Å². The summed E-state index contributed by atoms with van der Waals surface area (Å²) in [5.74, 6) is -0.124. The topological polar surface area (TPSA) is 29.3 Å². The normalized spacial score (nSPS) is 20.2. The van der Waals surface area contributed by atoms with Gasteiger partial charge in [-0.2, -0.15) is 0 Å². The van der Waals surface area contributed by atoms with E-state index in [9.17, 15) is 4.39 Å². The van der Waals surface area contributed by atoms with Gasteiger partial charge in [0.2, 0.25) is 0 Å². The van der Waals surface area contributed by atoms with E-state index < -0.39 is 0 Å². The minimum absolute atomic E-state index is 0.124. The standard InChI is InChI=1S/C15H23FN2/c1-2-5-13-6-3-4-9-18(13)15-8-7-12(11-17)10-14(15)16/h7-8,10,13H,2-6,9,11,17H2,1H3. The summed E-state index contributed by atoms with van der Waals surface area (Å²) in [6.07, 6.45) is 5.93. The van der Waals surface area contributed by atoms with Gasteiger partial charge in [-0.15, -0.1) is 0 Å². The van der Waals surface area contributed by atoms with Gasteiger partial charge in [0.15, 0.2) is 0 Å². The predicted molar refractivity (Wildman–Crippen MR) is 74.2 cm³/mol. The first-order chi connectivity index (χ1) is 8.76. The van der Waals surface area contributed by atoms with Crippen LogP contribution >= 0.6 is 0 Å². The van der Waals surface area contributed by atoms with Crippen molar-refractivity contribution in [2.24, 2.45) is 5.73 Å². The van der Waals surface area contributed by atoms with Gasteiger partial charge in [0.05, 0.1) is 5.69 Å². The monoisotopic (exact) mass is 250 g/mol. The maximum atomic E-state index is 14.1. The Morgan fingerprint density at radius 1 is 1.39 bits per heavy atom. The Morgan fingerprint density at radius 2 is 2.22 bits per heavy atom. The summed E-state index contributed by atoms with van der Waals surface area (Å²) in [6, 6.07) is 5.91. The van der Waals surface area contributed by atoms with Crippen LogP contribution in [0, 0.1) is 5.82 Å². The first kappa shape index (κ1) is 13.3. The molecule has 0 radical (unpaired) electrons. The van der Waals surface area contributed by atoms with Crippen LogP contribution in [0.25, 0.3) is 0 Å². The Kier molecular flexibility index (Phi) is 4.59. The fourth-order valence-electron chi connectivity index (χ4n) is 2.86. The number of nitrogens with zero attached hydrogens (tertiary/aromatic N) is 1. The summed E-state index contributed by atoms with van der Waals surface area (Å²) >= 11 is 0. The Balaban J connectivity index is 2.22. The molecule has 1 unspecified atom stereocenters. The van der Waals surface area contributed by atoms with E-state index >= 15 is 0 Å². The number of rotatable bonds is 4. The molecule has 1 aliphatic heterocycles. The lowest BCUT2D eigenvalue weighted by Gasteiger charge is -2.37. The van der Waals surface area contributed by atoms with Gasteiger partial charge in [0, 0.05) is 19.1 Å². The lowest BCUT2D eigenvalue weighted by atomic mass is 9.97. The van der Waals surface area contributed by atoms with Gasteiger partial charge < -0.3 is 10.6 Å². The molecular weight excluding hydrogens is 227 g/mol. The zero-order valence-corrected chi connectivity index (χ0v) is 11.2. The van der Waals surface area contributed by atoms with Crippen LogP contribution in [0.2, 0.25) is 0 Å². The highest BCUT2D eigenvalue weighted by Gasteiger charge is 2.23. The third kappa shape index (κ3) is 2.83. The number of benzene rings is 1. The minimum Gasteiger partial charge on any atom is -0.366 e. The fourth-order valence-corrected chi connectivity index (χ4v) is 2.86. The summed E-state index contributed by atoms with van der Waals surface area (Å²) in [5, 5.41) is 0. The Morgan fingerprint density at radius 3 is 2.89 bits per heavy atom. The molecule has 1 aromatic carbocycles. The van der Waals surface area contributed by atoms with E-state index in [4.69, 9.17) is 5.73 Å². The molecule has 2 nitrogen and oxygen atoms in total. The molecule has 1 aromatic rings. The van der Waals surface area contributed by atoms with E-state index in [0.717, 1.165) is 37.1 Å². The van der Waals surface area contributed by atoms with Gasteiger partial charge >= 0.3 is 0 Å². The van der Waals surface area contributed by atoms with Crippen molar-refractivity contribution in [3.63, 3.8) is 0 Å². The highest BCUT2D eigenvalue weighted by atomic mass is 19.1. The average Bonchev–Trinajstić information content (AvgIpc) is 2.40. The fraction of sp³-hybridized carbons (Fsp3) is 0.600. The summed E-state index contributed by atoms with van der Waals surface area (Å²) in [5.41, 5.74) is 7.16. The van der Waals surface area contributed by atoms with Gasteiger partial charge in [-0.25, -0.2) is 4.39 Å². The minimum atomic E-state index is -0.124. The molecule has 0 spiro atoms. The zero-order valence-electron chi connectivity index (χ0n) is 11.2. The molecule has 1 aliphatic rings. The largest absolute Gasteiger partial charge is 0.366 e. The van der Waals surface area contributed by atoms with Crippen LogP contribution in [0.5, 0.6) is 0 Å². The molecule has 1 heterocycles. The third-order valence-electron chi connectivity index (χ3n) is 3.81. The van der Waals surface area contributed by atoms with Crippen LogP contribution in [0.1, 0.15) is 44.6 Å². The van der Waals surface area contributed by atoms with Gasteiger partial charge in [0.25, 0.3) is 0 Å². The molecule has 100 valence electrons. The quantitative estimate of drug-likeness (QED) is 0.887. The van der Waals surface area contributed by atoms with Gasteiger partial charge in [0.1, 0.15) is 5.82 Å². The maximum Gasteiger partial charge on any atom is 0.146 e. The van der Waals surface area contributed by atoms with Crippen molar-refractivity contribution < 1.29 is 4.39 Å². The molecule has 0 aromatic heterocycles. The Labute approximate surface area is 109 Å².